The van der Waals surface area contributed by atoms with Crippen molar-refractivity contribution >= 4 is 0 Å². The molecule has 0 amide bonds. The van der Waals surface area contributed by atoms with Gasteiger partial charge in [0, 0.05) is 5.92 Å². The van der Waals surface area contributed by atoms with Crippen LogP contribution in [-0.2, 0) is 5.60 Å². The Morgan fingerprint density at radius 2 is 1.71 bits per heavy atom. The Labute approximate surface area is 127 Å². The molecule has 1 saturated carbocycles. The van der Waals surface area contributed by atoms with Gasteiger partial charge in [-0.2, -0.15) is 0 Å². The van der Waals surface area contributed by atoms with Gasteiger partial charge < -0.3 is 5.11 Å². The monoisotopic (exact) mass is 280 g/mol. The molecule has 1 aliphatic rings. The van der Waals surface area contributed by atoms with Crippen molar-refractivity contribution in [2.24, 2.45) is 0 Å². The number of hydrogen-bond acceptors (Lipinski definition) is 1. The van der Waals surface area contributed by atoms with E-state index in [2.05, 4.69) is 56.3 Å². The minimum atomic E-state index is -0.726. The molecule has 0 aromatic heterocycles. The van der Waals surface area contributed by atoms with Gasteiger partial charge in [-0.15, -0.1) is 0 Å². The zero-order chi connectivity index (χ0) is 14.9. The predicted molar refractivity (Wildman–Crippen MR) is 87.5 cm³/mol. The molecule has 0 aliphatic heterocycles. The van der Waals surface area contributed by atoms with E-state index in [1.54, 1.807) is 0 Å². The Morgan fingerprint density at radius 3 is 2.48 bits per heavy atom. The lowest BCUT2D eigenvalue weighted by Crippen LogP contribution is -2.37. The normalized spacial score (nSPS) is 25.8. The third-order valence-corrected chi connectivity index (χ3v) is 5.15. The van der Waals surface area contributed by atoms with Crippen molar-refractivity contribution in [2.75, 3.05) is 0 Å². The van der Waals surface area contributed by atoms with Crippen LogP contribution in [0.25, 0.3) is 0 Å². The Bertz CT molecular complexity index is 617. The first-order valence-electron chi connectivity index (χ1n) is 7.97. The SMILES string of the molecule is Cc1cccc(C2(O)CCCCC2c2ccccc2)c1C. The van der Waals surface area contributed by atoms with Gasteiger partial charge in [-0.05, 0) is 48.9 Å². The Kier molecular flexibility index (Phi) is 3.86. The molecule has 2 aromatic rings. The first kappa shape index (κ1) is 14.3. The molecule has 3 rings (SSSR count). The van der Waals surface area contributed by atoms with Gasteiger partial charge in [0.1, 0.15) is 0 Å². The Hall–Kier alpha value is -1.60. The van der Waals surface area contributed by atoms with Gasteiger partial charge in [0.15, 0.2) is 0 Å². The van der Waals surface area contributed by atoms with Crippen molar-refractivity contribution in [3.63, 3.8) is 0 Å². The lowest BCUT2D eigenvalue weighted by Gasteiger charge is -2.42. The summed E-state index contributed by atoms with van der Waals surface area (Å²) >= 11 is 0. The fraction of sp³-hybridized carbons (Fsp3) is 0.400. The number of benzene rings is 2. The van der Waals surface area contributed by atoms with Gasteiger partial charge in [-0.3, -0.25) is 0 Å². The molecule has 0 spiro atoms. The summed E-state index contributed by atoms with van der Waals surface area (Å²) in [5, 5.41) is 11.6. The number of rotatable bonds is 2. The van der Waals surface area contributed by atoms with E-state index >= 15 is 0 Å². The van der Waals surface area contributed by atoms with Crippen molar-refractivity contribution in [2.45, 2.75) is 51.0 Å². The summed E-state index contributed by atoms with van der Waals surface area (Å²) in [5.74, 6) is 0.202. The summed E-state index contributed by atoms with van der Waals surface area (Å²) in [6.45, 7) is 4.27. The summed E-state index contributed by atoms with van der Waals surface area (Å²) in [6.07, 6.45) is 4.23. The lowest BCUT2D eigenvalue weighted by atomic mass is 9.67. The molecular formula is C20H24O. The highest BCUT2D eigenvalue weighted by atomic mass is 16.3. The maximum Gasteiger partial charge on any atom is 0.0967 e. The first-order valence-corrected chi connectivity index (χ1v) is 7.97. The Balaban J connectivity index is 2.09. The molecule has 1 N–H and O–H groups in total. The van der Waals surface area contributed by atoms with Crippen molar-refractivity contribution < 1.29 is 5.11 Å². The van der Waals surface area contributed by atoms with Gasteiger partial charge in [0.25, 0.3) is 0 Å². The number of hydrogen-bond donors (Lipinski definition) is 1. The molecule has 2 unspecified atom stereocenters. The highest BCUT2D eigenvalue weighted by molar-refractivity contribution is 5.40. The summed E-state index contributed by atoms with van der Waals surface area (Å²) in [7, 11) is 0. The molecule has 1 nitrogen and oxygen atoms in total. The van der Waals surface area contributed by atoms with E-state index in [0.29, 0.717) is 0 Å². The van der Waals surface area contributed by atoms with E-state index in [1.807, 2.05) is 6.07 Å². The second-order valence-electron chi connectivity index (χ2n) is 6.38. The average Bonchev–Trinajstić information content (AvgIpc) is 2.51. The summed E-state index contributed by atoms with van der Waals surface area (Å²) < 4.78 is 0. The smallest absolute Gasteiger partial charge is 0.0967 e. The van der Waals surface area contributed by atoms with Crippen LogP contribution >= 0.6 is 0 Å². The van der Waals surface area contributed by atoms with Crippen LogP contribution in [0.5, 0.6) is 0 Å². The van der Waals surface area contributed by atoms with E-state index in [0.717, 1.165) is 24.8 Å². The van der Waals surface area contributed by atoms with Crippen LogP contribution in [0.15, 0.2) is 48.5 Å². The number of aryl methyl sites for hydroxylation is 1. The van der Waals surface area contributed by atoms with Gasteiger partial charge in [0.05, 0.1) is 5.60 Å². The topological polar surface area (TPSA) is 20.2 Å². The molecule has 1 heteroatoms. The predicted octanol–water partition coefficient (Wildman–Crippen LogP) is 4.85. The van der Waals surface area contributed by atoms with Gasteiger partial charge in [-0.1, -0.05) is 61.4 Å². The first-order chi connectivity index (χ1) is 10.1. The van der Waals surface area contributed by atoms with Crippen molar-refractivity contribution in [3.8, 4) is 0 Å². The highest BCUT2D eigenvalue weighted by Crippen LogP contribution is 2.48. The summed E-state index contributed by atoms with van der Waals surface area (Å²) in [5.41, 5.74) is 4.16. The molecule has 110 valence electrons. The average molecular weight is 280 g/mol. The Morgan fingerprint density at radius 1 is 0.952 bits per heavy atom. The maximum atomic E-state index is 11.6. The second kappa shape index (κ2) is 5.65. The van der Waals surface area contributed by atoms with Crippen molar-refractivity contribution in [3.05, 3.63) is 70.8 Å². The minimum Gasteiger partial charge on any atom is -0.385 e. The lowest BCUT2D eigenvalue weighted by molar-refractivity contribution is -0.0230. The van der Waals surface area contributed by atoms with Crippen molar-refractivity contribution in [1.29, 1.82) is 0 Å². The van der Waals surface area contributed by atoms with E-state index < -0.39 is 5.60 Å². The zero-order valence-electron chi connectivity index (χ0n) is 13.0. The third kappa shape index (κ3) is 2.51. The molecule has 0 saturated heterocycles. The van der Waals surface area contributed by atoms with E-state index in [-0.39, 0.29) is 5.92 Å². The standard InChI is InChI=1S/C20H24O/c1-15-9-8-13-18(16(15)2)20(21)14-7-6-12-19(20)17-10-4-3-5-11-17/h3-5,8-11,13,19,21H,6-7,12,14H2,1-2H3. The molecule has 0 heterocycles. The van der Waals surface area contributed by atoms with Crippen LogP contribution in [-0.4, -0.2) is 5.11 Å². The van der Waals surface area contributed by atoms with Crippen LogP contribution in [0.4, 0.5) is 0 Å². The van der Waals surface area contributed by atoms with Crippen LogP contribution in [0, 0.1) is 13.8 Å². The maximum absolute atomic E-state index is 11.6. The van der Waals surface area contributed by atoms with Crippen LogP contribution in [0.3, 0.4) is 0 Å². The molecule has 2 atom stereocenters. The molecule has 2 aromatic carbocycles. The largest absolute Gasteiger partial charge is 0.385 e. The fourth-order valence-corrected chi connectivity index (χ4v) is 3.83. The quantitative estimate of drug-likeness (QED) is 0.833. The third-order valence-electron chi connectivity index (χ3n) is 5.15. The molecule has 0 bridgehead atoms. The van der Waals surface area contributed by atoms with Crippen LogP contribution < -0.4 is 0 Å². The minimum absolute atomic E-state index is 0.202. The van der Waals surface area contributed by atoms with Crippen LogP contribution in [0.1, 0.15) is 53.9 Å². The molecule has 21 heavy (non-hydrogen) atoms. The number of aliphatic hydroxyl groups is 1. The molecule has 1 aliphatic carbocycles. The van der Waals surface area contributed by atoms with E-state index in [1.165, 1.54) is 23.1 Å². The van der Waals surface area contributed by atoms with Gasteiger partial charge in [-0.25, -0.2) is 0 Å². The summed E-state index contributed by atoms with van der Waals surface area (Å²) in [6, 6.07) is 16.8. The zero-order valence-corrected chi connectivity index (χ0v) is 13.0. The van der Waals surface area contributed by atoms with E-state index in [4.69, 9.17) is 0 Å². The van der Waals surface area contributed by atoms with E-state index in [9.17, 15) is 5.11 Å². The van der Waals surface area contributed by atoms with Gasteiger partial charge in [0.2, 0.25) is 0 Å². The second-order valence-corrected chi connectivity index (χ2v) is 6.38. The molecule has 1 fully saturated rings. The van der Waals surface area contributed by atoms with Crippen molar-refractivity contribution in [1.82, 2.24) is 0 Å². The highest BCUT2D eigenvalue weighted by Gasteiger charge is 2.42. The molecular weight excluding hydrogens is 256 g/mol. The summed E-state index contributed by atoms with van der Waals surface area (Å²) in [4.78, 5) is 0. The van der Waals surface area contributed by atoms with Crippen LogP contribution in [0.2, 0.25) is 0 Å². The molecule has 0 radical (unpaired) electrons. The fourth-order valence-electron chi connectivity index (χ4n) is 3.83. The van der Waals surface area contributed by atoms with Gasteiger partial charge >= 0.3 is 0 Å².